The highest BCUT2D eigenvalue weighted by molar-refractivity contribution is 7.27. The Bertz CT molecular complexity index is 326. The van der Waals surface area contributed by atoms with E-state index in [9.17, 15) is 4.39 Å². The summed E-state index contributed by atoms with van der Waals surface area (Å²) in [7, 11) is 2.40. The molecule has 4 heteroatoms. The normalized spacial score (nSPS) is 22.3. The molecule has 0 radical (unpaired) electrons. The summed E-state index contributed by atoms with van der Waals surface area (Å²) in [6.45, 7) is 2.27. The number of halogens is 1. The van der Waals surface area contributed by atoms with Crippen LogP contribution < -0.4 is 10.6 Å². The van der Waals surface area contributed by atoms with E-state index in [1.54, 1.807) is 6.07 Å². The standard InChI is InChI=1S/C10H13FNOP/c11-8-2-1-7(5-10(8)14)9-6-13-4-3-12-9/h1-2,5,9,12H,3-4,6,14H2. The summed E-state index contributed by atoms with van der Waals surface area (Å²) in [6.07, 6.45) is 0. The van der Waals surface area contributed by atoms with Crippen molar-refractivity contribution >= 4 is 14.5 Å². The zero-order valence-electron chi connectivity index (χ0n) is 7.79. The molecular weight excluding hydrogens is 200 g/mol. The van der Waals surface area contributed by atoms with Crippen molar-refractivity contribution in [3.8, 4) is 0 Å². The van der Waals surface area contributed by atoms with Crippen molar-refractivity contribution in [1.82, 2.24) is 5.32 Å². The summed E-state index contributed by atoms with van der Waals surface area (Å²) in [4.78, 5) is 0. The van der Waals surface area contributed by atoms with E-state index in [0.29, 0.717) is 11.9 Å². The van der Waals surface area contributed by atoms with Gasteiger partial charge in [-0.2, -0.15) is 0 Å². The highest BCUT2D eigenvalue weighted by atomic mass is 31.0. The number of hydrogen-bond donors (Lipinski definition) is 1. The van der Waals surface area contributed by atoms with Crippen molar-refractivity contribution in [2.24, 2.45) is 0 Å². The molecule has 2 unspecified atom stereocenters. The van der Waals surface area contributed by atoms with E-state index in [0.717, 1.165) is 18.7 Å². The minimum absolute atomic E-state index is 0.185. The van der Waals surface area contributed by atoms with Gasteiger partial charge in [-0.3, -0.25) is 0 Å². The van der Waals surface area contributed by atoms with Crippen LogP contribution in [0.2, 0.25) is 0 Å². The van der Waals surface area contributed by atoms with E-state index < -0.39 is 0 Å². The minimum atomic E-state index is -0.185. The summed E-state index contributed by atoms with van der Waals surface area (Å²) >= 11 is 0. The van der Waals surface area contributed by atoms with E-state index in [4.69, 9.17) is 4.74 Å². The van der Waals surface area contributed by atoms with Gasteiger partial charge < -0.3 is 10.1 Å². The number of nitrogens with one attached hydrogen (secondary N) is 1. The van der Waals surface area contributed by atoms with Gasteiger partial charge in [-0.25, -0.2) is 4.39 Å². The molecule has 0 spiro atoms. The first-order chi connectivity index (χ1) is 6.77. The minimum Gasteiger partial charge on any atom is -0.378 e. The largest absolute Gasteiger partial charge is 0.378 e. The second-order valence-corrected chi connectivity index (χ2v) is 3.98. The van der Waals surface area contributed by atoms with E-state index in [-0.39, 0.29) is 11.9 Å². The zero-order chi connectivity index (χ0) is 9.97. The molecule has 14 heavy (non-hydrogen) atoms. The average molecular weight is 213 g/mol. The SMILES string of the molecule is Fc1ccc(C2COCCN2)cc1P. The van der Waals surface area contributed by atoms with Gasteiger partial charge in [0.05, 0.1) is 19.3 Å². The summed E-state index contributed by atoms with van der Waals surface area (Å²) < 4.78 is 18.3. The predicted molar refractivity (Wildman–Crippen MR) is 57.3 cm³/mol. The van der Waals surface area contributed by atoms with Gasteiger partial charge in [0.1, 0.15) is 5.82 Å². The van der Waals surface area contributed by atoms with Gasteiger partial charge in [-0.15, -0.1) is 9.24 Å². The Labute approximate surface area is 85.0 Å². The maximum atomic E-state index is 13.0. The fraction of sp³-hybridized carbons (Fsp3) is 0.400. The summed E-state index contributed by atoms with van der Waals surface area (Å²) in [6, 6.07) is 5.33. The number of ether oxygens (including phenoxy) is 1. The first-order valence-electron chi connectivity index (χ1n) is 4.63. The van der Waals surface area contributed by atoms with Crippen molar-refractivity contribution < 1.29 is 9.13 Å². The Balaban J connectivity index is 2.18. The molecule has 0 amide bonds. The maximum absolute atomic E-state index is 13.0. The highest BCUT2D eigenvalue weighted by Crippen LogP contribution is 2.15. The lowest BCUT2D eigenvalue weighted by molar-refractivity contribution is 0.0769. The van der Waals surface area contributed by atoms with Crippen LogP contribution in [0.25, 0.3) is 0 Å². The van der Waals surface area contributed by atoms with E-state index in [1.165, 1.54) is 6.07 Å². The lowest BCUT2D eigenvalue weighted by atomic mass is 10.1. The lowest BCUT2D eigenvalue weighted by Gasteiger charge is -2.24. The molecule has 2 nitrogen and oxygen atoms in total. The van der Waals surface area contributed by atoms with Gasteiger partial charge in [-0.05, 0) is 17.7 Å². The summed E-state index contributed by atoms with van der Waals surface area (Å²) in [5, 5.41) is 3.93. The fourth-order valence-electron chi connectivity index (χ4n) is 1.56. The molecule has 1 aromatic rings. The van der Waals surface area contributed by atoms with Gasteiger partial charge in [0.25, 0.3) is 0 Å². The Hall–Kier alpha value is -0.500. The number of hydrogen-bond acceptors (Lipinski definition) is 2. The van der Waals surface area contributed by atoms with Gasteiger partial charge in [0.15, 0.2) is 0 Å². The van der Waals surface area contributed by atoms with Crippen molar-refractivity contribution in [2.45, 2.75) is 6.04 Å². The van der Waals surface area contributed by atoms with E-state index in [2.05, 4.69) is 14.6 Å². The van der Waals surface area contributed by atoms with Crippen LogP contribution in [0, 0.1) is 5.82 Å². The third kappa shape index (κ3) is 2.11. The summed E-state index contributed by atoms with van der Waals surface area (Å²) in [5.74, 6) is -0.185. The molecule has 1 heterocycles. The number of rotatable bonds is 1. The molecule has 1 fully saturated rings. The van der Waals surface area contributed by atoms with Crippen LogP contribution in [0.4, 0.5) is 4.39 Å². The first kappa shape index (κ1) is 10.0. The smallest absolute Gasteiger partial charge is 0.130 e. The van der Waals surface area contributed by atoms with Crippen LogP contribution in [0.1, 0.15) is 11.6 Å². The van der Waals surface area contributed by atoms with Crippen LogP contribution in [0.15, 0.2) is 18.2 Å². The summed E-state index contributed by atoms with van der Waals surface area (Å²) in [5.41, 5.74) is 1.08. The fourth-order valence-corrected chi connectivity index (χ4v) is 1.85. The lowest BCUT2D eigenvalue weighted by Crippen LogP contribution is -2.34. The molecule has 2 atom stereocenters. The topological polar surface area (TPSA) is 21.3 Å². The van der Waals surface area contributed by atoms with E-state index in [1.807, 2.05) is 6.07 Å². The Morgan fingerprint density at radius 3 is 3.00 bits per heavy atom. The van der Waals surface area contributed by atoms with Crippen LogP contribution in [-0.2, 0) is 4.74 Å². The predicted octanol–water partition coefficient (Wildman–Crippen LogP) is 0.987. The molecule has 1 N–H and O–H groups in total. The van der Waals surface area contributed by atoms with Gasteiger partial charge >= 0.3 is 0 Å². The molecule has 0 bridgehead atoms. The monoisotopic (exact) mass is 213 g/mol. The first-order valence-corrected chi connectivity index (χ1v) is 5.21. The van der Waals surface area contributed by atoms with Crippen LogP contribution in [0.5, 0.6) is 0 Å². The molecule has 76 valence electrons. The molecular formula is C10H13FNOP. The van der Waals surface area contributed by atoms with Crippen LogP contribution in [0.3, 0.4) is 0 Å². The van der Waals surface area contributed by atoms with E-state index >= 15 is 0 Å². The van der Waals surface area contributed by atoms with Gasteiger partial charge in [0.2, 0.25) is 0 Å². The Morgan fingerprint density at radius 2 is 2.36 bits per heavy atom. The Morgan fingerprint density at radius 1 is 1.50 bits per heavy atom. The van der Waals surface area contributed by atoms with Gasteiger partial charge in [-0.1, -0.05) is 6.07 Å². The average Bonchev–Trinajstić information content (AvgIpc) is 2.23. The van der Waals surface area contributed by atoms with Crippen molar-refractivity contribution in [3.63, 3.8) is 0 Å². The van der Waals surface area contributed by atoms with Crippen LogP contribution >= 0.6 is 9.24 Å². The molecule has 1 aliphatic rings. The molecule has 1 saturated heterocycles. The van der Waals surface area contributed by atoms with Crippen LogP contribution in [-0.4, -0.2) is 19.8 Å². The highest BCUT2D eigenvalue weighted by Gasteiger charge is 2.15. The molecule has 1 aromatic carbocycles. The van der Waals surface area contributed by atoms with Crippen molar-refractivity contribution in [3.05, 3.63) is 29.6 Å². The molecule has 2 rings (SSSR count). The third-order valence-corrected chi connectivity index (χ3v) is 2.79. The molecule has 0 saturated carbocycles. The maximum Gasteiger partial charge on any atom is 0.130 e. The molecule has 1 aliphatic heterocycles. The van der Waals surface area contributed by atoms with Crippen molar-refractivity contribution in [1.29, 1.82) is 0 Å². The molecule has 0 aliphatic carbocycles. The van der Waals surface area contributed by atoms with Crippen molar-refractivity contribution in [2.75, 3.05) is 19.8 Å². The second-order valence-electron chi connectivity index (χ2n) is 3.36. The number of benzene rings is 1. The molecule has 0 aromatic heterocycles. The number of morpholine rings is 1. The Kier molecular flexibility index (Phi) is 3.12. The van der Waals surface area contributed by atoms with Gasteiger partial charge in [0, 0.05) is 11.8 Å². The third-order valence-electron chi connectivity index (χ3n) is 2.34. The zero-order valence-corrected chi connectivity index (χ0v) is 8.95. The quantitative estimate of drug-likeness (QED) is 0.702. The second kappa shape index (κ2) is 4.35.